The highest BCUT2D eigenvalue weighted by Crippen LogP contribution is 2.28. The number of urea groups is 1. The summed E-state index contributed by atoms with van der Waals surface area (Å²) in [5.41, 5.74) is 2.94. The number of hydrogen-bond donors (Lipinski definition) is 1. The normalized spacial score (nSPS) is 21.0. The second kappa shape index (κ2) is 6.84. The number of para-hydroxylation sites is 1. The molecule has 0 spiro atoms. The maximum Gasteiger partial charge on any atom is 0.322 e. The smallest absolute Gasteiger partial charge is 0.322 e. The lowest BCUT2D eigenvalue weighted by Crippen LogP contribution is -2.49. The molecule has 1 N–H and O–H groups in total. The van der Waals surface area contributed by atoms with E-state index in [2.05, 4.69) is 5.32 Å². The first kappa shape index (κ1) is 15.6. The molecule has 0 unspecified atom stereocenters. The number of carbonyl (C=O) groups excluding carboxylic acids is 1. The molecule has 2 amide bonds. The SMILES string of the molecule is C[C@@H]1CN(C(=O)Nc2ccccc2-c2ccccc2)C[C@@H](C)O1. The van der Waals surface area contributed by atoms with Crippen LogP contribution in [0.4, 0.5) is 10.5 Å². The van der Waals surface area contributed by atoms with Crippen molar-refractivity contribution in [3.05, 3.63) is 54.6 Å². The van der Waals surface area contributed by atoms with E-state index in [1.807, 2.05) is 73.3 Å². The minimum absolute atomic E-state index is 0.0638. The third kappa shape index (κ3) is 3.71. The molecule has 0 radical (unpaired) electrons. The molecule has 3 rings (SSSR count). The van der Waals surface area contributed by atoms with Crippen molar-refractivity contribution in [2.45, 2.75) is 26.1 Å². The number of carbonyl (C=O) groups is 1. The Bertz CT molecular complexity index is 662. The first-order chi connectivity index (χ1) is 11.1. The second-order valence-electron chi connectivity index (χ2n) is 6.00. The number of benzene rings is 2. The molecule has 1 saturated heterocycles. The zero-order chi connectivity index (χ0) is 16.2. The summed E-state index contributed by atoms with van der Waals surface area (Å²) >= 11 is 0. The van der Waals surface area contributed by atoms with Gasteiger partial charge in [-0.1, -0.05) is 48.5 Å². The van der Waals surface area contributed by atoms with Crippen LogP contribution in [-0.4, -0.2) is 36.2 Å². The molecule has 0 saturated carbocycles. The topological polar surface area (TPSA) is 41.6 Å². The Balaban J connectivity index is 1.79. The maximum atomic E-state index is 12.6. The van der Waals surface area contributed by atoms with E-state index < -0.39 is 0 Å². The van der Waals surface area contributed by atoms with Gasteiger partial charge < -0.3 is 15.0 Å². The van der Waals surface area contributed by atoms with Crippen LogP contribution >= 0.6 is 0 Å². The van der Waals surface area contributed by atoms with Crippen molar-refractivity contribution >= 4 is 11.7 Å². The minimum atomic E-state index is -0.0737. The standard InChI is InChI=1S/C19H22N2O2/c1-14-12-21(13-15(2)23-14)19(22)20-18-11-7-6-10-17(18)16-8-4-3-5-9-16/h3-11,14-15H,12-13H2,1-2H3,(H,20,22)/t14-,15-/m1/s1. The molecule has 23 heavy (non-hydrogen) atoms. The van der Waals surface area contributed by atoms with E-state index in [0.29, 0.717) is 13.1 Å². The fourth-order valence-corrected chi connectivity index (χ4v) is 3.00. The van der Waals surface area contributed by atoms with Gasteiger partial charge in [-0.25, -0.2) is 4.79 Å². The molecule has 0 aliphatic carbocycles. The summed E-state index contributed by atoms with van der Waals surface area (Å²) in [6.45, 7) is 5.22. The lowest BCUT2D eigenvalue weighted by molar-refractivity contribution is -0.0530. The van der Waals surface area contributed by atoms with Gasteiger partial charge in [0.1, 0.15) is 0 Å². The van der Waals surface area contributed by atoms with Gasteiger partial charge in [-0.3, -0.25) is 0 Å². The highest BCUT2D eigenvalue weighted by molar-refractivity contribution is 5.94. The molecule has 0 aromatic heterocycles. The van der Waals surface area contributed by atoms with Crippen LogP contribution in [0.15, 0.2) is 54.6 Å². The van der Waals surface area contributed by atoms with E-state index in [1.165, 1.54) is 0 Å². The molecule has 0 bridgehead atoms. The summed E-state index contributed by atoms with van der Waals surface area (Å²) in [5, 5.41) is 3.05. The Morgan fingerprint density at radius 3 is 2.30 bits per heavy atom. The van der Waals surface area contributed by atoms with Gasteiger partial charge >= 0.3 is 6.03 Å². The molecule has 1 aliphatic rings. The van der Waals surface area contributed by atoms with Gasteiger partial charge in [0.15, 0.2) is 0 Å². The summed E-state index contributed by atoms with van der Waals surface area (Å²) in [5.74, 6) is 0. The van der Waals surface area contributed by atoms with E-state index in [0.717, 1.165) is 16.8 Å². The van der Waals surface area contributed by atoms with E-state index >= 15 is 0 Å². The van der Waals surface area contributed by atoms with Crippen LogP contribution in [0, 0.1) is 0 Å². The van der Waals surface area contributed by atoms with Gasteiger partial charge in [-0.05, 0) is 25.5 Å². The van der Waals surface area contributed by atoms with Crippen molar-refractivity contribution in [3.8, 4) is 11.1 Å². The number of amides is 2. The van der Waals surface area contributed by atoms with Crippen molar-refractivity contribution < 1.29 is 9.53 Å². The Morgan fingerprint density at radius 2 is 1.61 bits per heavy atom. The number of anilines is 1. The van der Waals surface area contributed by atoms with E-state index in [4.69, 9.17) is 4.74 Å². The Morgan fingerprint density at radius 1 is 1.00 bits per heavy atom. The largest absolute Gasteiger partial charge is 0.372 e. The summed E-state index contributed by atoms with van der Waals surface area (Å²) in [7, 11) is 0. The number of ether oxygens (including phenoxy) is 1. The molecular formula is C19H22N2O2. The first-order valence-corrected chi connectivity index (χ1v) is 7.99. The predicted octanol–water partition coefficient (Wildman–Crippen LogP) is 3.99. The molecule has 1 heterocycles. The predicted molar refractivity (Wildman–Crippen MR) is 92.5 cm³/mol. The molecule has 120 valence electrons. The van der Waals surface area contributed by atoms with Crippen molar-refractivity contribution in [3.63, 3.8) is 0 Å². The van der Waals surface area contributed by atoms with Crippen LogP contribution in [-0.2, 0) is 4.74 Å². The Kier molecular flexibility index (Phi) is 4.63. The van der Waals surface area contributed by atoms with Gasteiger partial charge in [-0.15, -0.1) is 0 Å². The summed E-state index contributed by atoms with van der Waals surface area (Å²) in [6, 6.07) is 17.9. The fraction of sp³-hybridized carbons (Fsp3) is 0.316. The lowest BCUT2D eigenvalue weighted by atomic mass is 10.0. The van der Waals surface area contributed by atoms with Crippen LogP contribution in [0.1, 0.15) is 13.8 Å². The quantitative estimate of drug-likeness (QED) is 0.911. The van der Waals surface area contributed by atoms with Crippen LogP contribution in [0.5, 0.6) is 0 Å². The molecule has 2 aromatic rings. The van der Waals surface area contributed by atoms with Gasteiger partial charge in [-0.2, -0.15) is 0 Å². The van der Waals surface area contributed by atoms with E-state index in [9.17, 15) is 4.79 Å². The first-order valence-electron chi connectivity index (χ1n) is 7.99. The van der Waals surface area contributed by atoms with Crippen molar-refractivity contribution in [2.75, 3.05) is 18.4 Å². The molecule has 1 aliphatic heterocycles. The molecule has 1 fully saturated rings. The number of hydrogen-bond acceptors (Lipinski definition) is 2. The van der Waals surface area contributed by atoms with Crippen LogP contribution in [0.25, 0.3) is 11.1 Å². The molecule has 2 atom stereocenters. The zero-order valence-corrected chi connectivity index (χ0v) is 13.5. The van der Waals surface area contributed by atoms with Crippen LogP contribution in [0.3, 0.4) is 0 Å². The average molecular weight is 310 g/mol. The van der Waals surface area contributed by atoms with Gasteiger partial charge in [0.2, 0.25) is 0 Å². The average Bonchev–Trinajstić information content (AvgIpc) is 2.55. The number of nitrogens with zero attached hydrogens (tertiary/aromatic N) is 1. The number of morpholine rings is 1. The zero-order valence-electron chi connectivity index (χ0n) is 13.5. The highest BCUT2D eigenvalue weighted by Gasteiger charge is 2.26. The third-order valence-electron chi connectivity index (χ3n) is 3.96. The van der Waals surface area contributed by atoms with Gasteiger partial charge in [0.05, 0.1) is 17.9 Å². The highest BCUT2D eigenvalue weighted by atomic mass is 16.5. The van der Waals surface area contributed by atoms with Crippen molar-refractivity contribution in [1.29, 1.82) is 0 Å². The van der Waals surface area contributed by atoms with Gasteiger partial charge in [0, 0.05) is 18.7 Å². The van der Waals surface area contributed by atoms with Crippen LogP contribution in [0.2, 0.25) is 0 Å². The fourth-order valence-electron chi connectivity index (χ4n) is 3.00. The molecular weight excluding hydrogens is 288 g/mol. The Hall–Kier alpha value is -2.33. The van der Waals surface area contributed by atoms with E-state index in [1.54, 1.807) is 0 Å². The molecule has 2 aromatic carbocycles. The third-order valence-corrected chi connectivity index (χ3v) is 3.96. The summed E-state index contributed by atoms with van der Waals surface area (Å²) in [6.07, 6.45) is 0.128. The minimum Gasteiger partial charge on any atom is -0.372 e. The summed E-state index contributed by atoms with van der Waals surface area (Å²) in [4.78, 5) is 14.4. The molecule has 4 heteroatoms. The van der Waals surface area contributed by atoms with E-state index in [-0.39, 0.29) is 18.2 Å². The maximum absolute atomic E-state index is 12.6. The summed E-state index contributed by atoms with van der Waals surface area (Å²) < 4.78 is 5.69. The Labute approximate surface area is 137 Å². The van der Waals surface area contributed by atoms with Gasteiger partial charge in [0.25, 0.3) is 0 Å². The van der Waals surface area contributed by atoms with Crippen molar-refractivity contribution in [1.82, 2.24) is 4.90 Å². The monoisotopic (exact) mass is 310 g/mol. The number of nitrogens with one attached hydrogen (secondary N) is 1. The second-order valence-corrected chi connectivity index (χ2v) is 6.00. The van der Waals surface area contributed by atoms with Crippen molar-refractivity contribution in [2.24, 2.45) is 0 Å². The van der Waals surface area contributed by atoms with Crippen LogP contribution < -0.4 is 5.32 Å². The number of rotatable bonds is 2. The molecule has 4 nitrogen and oxygen atoms in total. The lowest BCUT2D eigenvalue weighted by Gasteiger charge is -2.35.